The van der Waals surface area contributed by atoms with Gasteiger partial charge in [-0.1, -0.05) is 25.1 Å². The summed E-state index contributed by atoms with van der Waals surface area (Å²) in [7, 11) is 0. The fourth-order valence-corrected chi connectivity index (χ4v) is 1.40. The molecule has 0 heterocycles. The number of anilines is 1. The highest BCUT2D eigenvalue weighted by Crippen LogP contribution is 2.21. The normalized spacial score (nSPS) is 7.93. The second-order valence-electron chi connectivity index (χ2n) is 2.68. The minimum absolute atomic E-state index is 0. The monoisotopic (exact) mass is 240 g/mol. The van der Waals surface area contributed by atoms with E-state index in [0.29, 0.717) is 0 Å². The lowest BCUT2D eigenvalue weighted by Crippen LogP contribution is -2.10. The Morgan fingerprint density at radius 1 is 1.07 bits per heavy atom. The average molecular weight is 240 g/mol. The van der Waals surface area contributed by atoms with Crippen LogP contribution in [0.5, 0.6) is 0 Å². The minimum Gasteiger partial charge on any atom is -0.306 e. The van der Waals surface area contributed by atoms with Gasteiger partial charge in [0, 0.05) is 19.4 Å². The van der Waals surface area contributed by atoms with E-state index in [1.54, 1.807) is 0 Å². The number of halogens is 3. The van der Waals surface area contributed by atoms with E-state index >= 15 is 0 Å². The van der Waals surface area contributed by atoms with Crippen molar-refractivity contribution in [3.8, 4) is 0 Å². The van der Waals surface area contributed by atoms with Crippen molar-refractivity contribution in [2.75, 3.05) is 10.8 Å². The van der Waals surface area contributed by atoms with Crippen molar-refractivity contribution in [2.24, 2.45) is 0 Å². The highest BCUT2D eigenvalue weighted by molar-refractivity contribution is 7.81. The van der Waals surface area contributed by atoms with Gasteiger partial charge in [-0.05, 0) is 25.0 Å². The topological polar surface area (TPSA) is 3.24 Å². The van der Waals surface area contributed by atoms with E-state index in [1.807, 2.05) is 10.4 Å². The lowest BCUT2D eigenvalue weighted by molar-refractivity contribution is 1.07. The van der Waals surface area contributed by atoms with Crippen molar-refractivity contribution >= 4 is 18.5 Å². The van der Waals surface area contributed by atoms with Gasteiger partial charge in [-0.3, -0.25) is 14.1 Å². The van der Waals surface area contributed by atoms with Crippen molar-refractivity contribution in [3.63, 3.8) is 0 Å². The third-order valence-corrected chi connectivity index (χ3v) is 2.38. The van der Waals surface area contributed by atoms with E-state index in [9.17, 15) is 0 Å². The Balaban J connectivity index is -0.000000480. The Bertz CT molecular complexity index is 258. The lowest BCUT2D eigenvalue weighted by atomic mass is 10.1. The summed E-state index contributed by atoms with van der Waals surface area (Å²) in [5, 5.41) is 0. The SMILES string of the molecule is CCc1ccccc1N([S])CC.F.F.F. The molecule has 0 atom stereocenters. The van der Waals surface area contributed by atoms with E-state index in [4.69, 9.17) is 12.8 Å². The summed E-state index contributed by atoms with van der Waals surface area (Å²) in [6.45, 7) is 5.10. The molecule has 0 saturated carbocycles. The summed E-state index contributed by atoms with van der Waals surface area (Å²) in [4.78, 5) is 0. The third kappa shape index (κ3) is 4.97. The third-order valence-electron chi connectivity index (χ3n) is 1.93. The van der Waals surface area contributed by atoms with Crippen LogP contribution in [-0.2, 0) is 6.42 Å². The fraction of sp³-hybridized carbons (Fsp3) is 0.400. The van der Waals surface area contributed by atoms with Crippen LogP contribution in [0.1, 0.15) is 19.4 Å². The number of rotatable bonds is 3. The first kappa shape index (κ1) is 19.7. The average Bonchev–Trinajstić information content (AvgIpc) is 2.16. The predicted octanol–water partition coefficient (Wildman–Crippen LogP) is 3.65. The molecule has 0 aromatic heterocycles. The molecule has 1 radical (unpaired) electrons. The summed E-state index contributed by atoms with van der Waals surface area (Å²) < 4.78 is 1.86. The number of aryl methyl sites for hydroxylation is 1. The number of para-hydroxylation sites is 1. The zero-order chi connectivity index (χ0) is 8.97. The van der Waals surface area contributed by atoms with Gasteiger partial charge in [0.15, 0.2) is 0 Å². The number of benzene rings is 1. The van der Waals surface area contributed by atoms with Crippen molar-refractivity contribution in [1.82, 2.24) is 0 Å². The molecule has 0 saturated heterocycles. The molecular weight excluding hydrogens is 223 g/mol. The van der Waals surface area contributed by atoms with E-state index in [1.165, 1.54) is 11.3 Å². The van der Waals surface area contributed by atoms with Crippen LogP contribution in [0.4, 0.5) is 19.8 Å². The van der Waals surface area contributed by atoms with Crippen LogP contribution in [-0.4, -0.2) is 6.54 Å². The molecule has 0 aliphatic heterocycles. The quantitative estimate of drug-likeness (QED) is 0.779. The first-order valence-corrected chi connectivity index (χ1v) is 4.68. The minimum atomic E-state index is 0. The molecule has 15 heavy (non-hydrogen) atoms. The molecule has 0 fully saturated rings. The lowest BCUT2D eigenvalue weighted by Gasteiger charge is -2.16. The summed E-state index contributed by atoms with van der Waals surface area (Å²) in [6, 6.07) is 8.30. The van der Waals surface area contributed by atoms with E-state index in [2.05, 4.69) is 32.0 Å². The first-order chi connectivity index (χ1) is 5.79. The Morgan fingerprint density at radius 3 is 2.07 bits per heavy atom. The Morgan fingerprint density at radius 2 is 1.60 bits per heavy atom. The predicted molar refractivity (Wildman–Crippen MR) is 63.9 cm³/mol. The van der Waals surface area contributed by atoms with E-state index in [-0.39, 0.29) is 14.1 Å². The Labute approximate surface area is 94.1 Å². The van der Waals surface area contributed by atoms with Crippen molar-refractivity contribution in [1.29, 1.82) is 0 Å². The van der Waals surface area contributed by atoms with Gasteiger partial charge in [0.25, 0.3) is 0 Å². The molecule has 0 bridgehead atoms. The van der Waals surface area contributed by atoms with Crippen LogP contribution < -0.4 is 4.31 Å². The van der Waals surface area contributed by atoms with Gasteiger partial charge in [-0.2, -0.15) is 0 Å². The van der Waals surface area contributed by atoms with Crippen LogP contribution in [0.25, 0.3) is 0 Å². The number of hydrogen-bond donors (Lipinski definition) is 0. The fourth-order valence-electron chi connectivity index (χ4n) is 1.22. The highest BCUT2D eigenvalue weighted by Gasteiger charge is 2.03. The van der Waals surface area contributed by atoms with E-state index < -0.39 is 0 Å². The molecule has 0 unspecified atom stereocenters. The molecule has 1 rings (SSSR count). The maximum Gasteiger partial charge on any atom is 0.0510 e. The molecule has 0 aliphatic rings. The van der Waals surface area contributed by atoms with Gasteiger partial charge in [0.1, 0.15) is 0 Å². The van der Waals surface area contributed by atoms with Crippen LogP contribution >= 0.6 is 12.8 Å². The molecule has 0 aliphatic carbocycles. The van der Waals surface area contributed by atoms with Gasteiger partial charge in [0.05, 0.1) is 5.69 Å². The molecule has 0 amide bonds. The van der Waals surface area contributed by atoms with Gasteiger partial charge in [-0.15, -0.1) is 0 Å². The molecule has 5 heteroatoms. The first-order valence-electron chi connectivity index (χ1n) is 4.32. The maximum absolute atomic E-state index is 5.19. The van der Waals surface area contributed by atoms with Gasteiger partial charge in [0.2, 0.25) is 0 Å². The summed E-state index contributed by atoms with van der Waals surface area (Å²) in [5.41, 5.74) is 2.51. The number of hydrogen-bond acceptors (Lipinski definition) is 1. The second-order valence-corrected chi connectivity index (χ2v) is 3.12. The summed E-state index contributed by atoms with van der Waals surface area (Å²) >= 11 is 5.19. The van der Waals surface area contributed by atoms with Crippen LogP contribution in [0.2, 0.25) is 0 Å². The summed E-state index contributed by atoms with van der Waals surface area (Å²) in [5.74, 6) is 0. The van der Waals surface area contributed by atoms with E-state index in [0.717, 1.165) is 13.0 Å². The maximum atomic E-state index is 5.19. The van der Waals surface area contributed by atoms with Crippen molar-refractivity contribution in [2.45, 2.75) is 20.3 Å². The van der Waals surface area contributed by atoms with Gasteiger partial charge in [-0.25, -0.2) is 0 Å². The van der Waals surface area contributed by atoms with Crippen LogP contribution in [0.3, 0.4) is 0 Å². The zero-order valence-electron chi connectivity index (χ0n) is 8.80. The van der Waals surface area contributed by atoms with Gasteiger partial charge >= 0.3 is 0 Å². The molecule has 0 N–H and O–H groups in total. The van der Waals surface area contributed by atoms with Crippen molar-refractivity contribution < 1.29 is 14.1 Å². The molecule has 1 aromatic rings. The molecular formula is C10H17F3NS. The second kappa shape index (κ2) is 9.71. The van der Waals surface area contributed by atoms with Crippen LogP contribution in [0.15, 0.2) is 24.3 Å². The highest BCUT2D eigenvalue weighted by atomic mass is 32.1. The Hall–Kier alpha value is -0.840. The molecule has 0 spiro atoms. The van der Waals surface area contributed by atoms with Crippen LogP contribution in [0, 0.1) is 0 Å². The van der Waals surface area contributed by atoms with Crippen molar-refractivity contribution in [3.05, 3.63) is 29.8 Å². The van der Waals surface area contributed by atoms with Gasteiger partial charge < -0.3 is 4.31 Å². The number of nitrogens with zero attached hydrogens (tertiary/aromatic N) is 1. The standard InChI is InChI=1S/C10H14NS.3FH/c1-3-9-7-5-6-8-10(9)11(12)4-2;;;/h5-8H,3-4H2,1-2H3;3*1H. The largest absolute Gasteiger partial charge is 0.306 e. The molecule has 89 valence electrons. The zero-order valence-corrected chi connectivity index (χ0v) is 9.62. The molecule has 1 nitrogen and oxygen atoms in total. The Kier molecular flexibility index (Phi) is 12.7. The summed E-state index contributed by atoms with van der Waals surface area (Å²) in [6.07, 6.45) is 1.04. The smallest absolute Gasteiger partial charge is 0.0510 e. The molecule has 1 aromatic carbocycles.